The molecule has 0 heterocycles. The van der Waals surface area contributed by atoms with Gasteiger partial charge in [0.05, 0.1) is 7.11 Å². The molecule has 0 aliphatic carbocycles. The van der Waals surface area contributed by atoms with Crippen molar-refractivity contribution in [2.75, 3.05) is 13.7 Å². The molecule has 0 aliphatic heterocycles. The van der Waals surface area contributed by atoms with Gasteiger partial charge in [-0.15, -0.1) is 0 Å². The molecule has 2 nitrogen and oxygen atoms in total. The van der Waals surface area contributed by atoms with Gasteiger partial charge in [0.2, 0.25) is 5.67 Å². The first-order valence-corrected chi connectivity index (χ1v) is 4.91. The zero-order valence-electron chi connectivity index (χ0n) is 9.22. The Morgan fingerprint density at radius 1 is 1.12 bits per heavy atom. The van der Waals surface area contributed by atoms with E-state index in [0.717, 1.165) is 0 Å². The first kappa shape index (κ1) is 13.8. The van der Waals surface area contributed by atoms with Gasteiger partial charge in [0, 0.05) is 13.0 Å². The summed E-state index contributed by atoms with van der Waals surface area (Å²) in [4.78, 5) is 0. The Bertz CT molecular complexity index is 363. The van der Waals surface area contributed by atoms with E-state index in [1.54, 1.807) is 0 Å². The van der Waals surface area contributed by atoms with Crippen molar-refractivity contribution in [2.45, 2.75) is 18.3 Å². The monoisotopic (exact) mass is 251 g/mol. The smallest absolute Gasteiger partial charge is 0.424 e. The van der Waals surface area contributed by atoms with Crippen LogP contribution in [-0.4, -0.2) is 25.5 Å². The Balaban J connectivity index is 2.87. The fourth-order valence-electron chi connectivity index (χ4n) is 1.36. The van der Waals surface area contributed by atoms with Crippen molar-refractivity contribution in [1.29, 1.82) is 0 Å². The van der Waals surface area contributed by atoms with E-state index < -0.39 is 24.8 Å². The zero-order valence-corrected chi connectivity index (χ0v) is 9.22. The van der Waals surface area contributed by atoms with Crippen molar-refractivity contribution < 1.29 is 22.3 Å². The molecule has 0 bridgehead atoms. The van der Waals surface area contributed by atoms with Crippen molar-refractivity contribution in [3.05, 3.63) is 29.8 Å². The molecular formula is C11H13F4NO. The Morgan fingerprint density at radius 3 is 2.00 bits per heavy atom. The standard InChI is InChI=1S/C11H13F4NO/c1-17-9-4-2-8(3-5-9)6-10(12,7-16)11(13,14)15/h2-5H,6-7,16H2,1H3. The van der Waals surface area contributed by atoms with Crippen LogP contribution in [0.1, 0.15) is 5.56 Å². The first-order valence-electron chi connectivity index (χ1n) is 4.91. The van der Waals surface area contributed by atoms with Crippen molar-refractivity contribution >= 4 is 0 Å². The van der Waals surface area contributed by atoms with E-state index in [4.69, 9.17) is 10.5 Å². The summed E-state index contributed by atoms with van der Waals surface area (Å²) in [5, 5.41) is 0. The Labute approximate surface area is 96.4 Å². The maximum Gasteiger partial charge on any atom is 0.424 e. The second-order valence-corrected chi connectivity index (χ2v) is 3.69. The Kier molecular flexibility index (Phi) is 3.98. The second-order valence-electron chi connectivity index (χ2n) is 3.69. The van der Waals surface area contributed by atoms with Crippen molar-refractivity contribution in [3.63, 3.8) is 0 Å². The number of hydrogen-bond donors (Lipinski definition) is 1. The maximum atomic E-state index is 13.6. The average molecular weight is 251 g/mol. The van der Waals surface area contributed by atoms with Crippen LogP contribution in [0.15, 0.2) is 24.3 Å². The Hall–Kier alpha value is -1.30. The molecule has 1 aromatic carbocycles. The minimum atomic E-state index is -4.97. The third-order valence-electron chi connectivity index (χ3n) is 2.47. The molecule has 0 spiro atoms. The largest absolute Gasteiger partial charge is 0.497 e. The van der Waals surface area contributed by atoms with Crippen LogP contribution in [-0.2, 0) is 6.42 Å². The molecule has 1 aromatic rings. The van der Waals surface area contributed by atoms with Crippen LogP contribution in [0.4, 0.5) is 17.6 Å². The maximum absolute atomic E-state index is 13.6. The number of halogens is 4. The lowest BCUT2D eigenvalue weighted by Gasteiger charge is -2.26. The van der Waals surface area contributed by atoms with E-state index in [1.165, 1.54) is 31.4 Å². The van der Waals surface area contributed by atoms with E-state index in [-0.39, 0.29) is 5.56 Å². The van der Waals surface area contributed by atoms with Crippen LogP contribution >= 0.6 is 0 Å². The average Bonchev–Trinajstić information content (AvgIpc) is 2.28. The summed E-state index contributed by atoms with van der Waals surface area (Å²) < 4.78 is 55.8. The quantitative estimate of drug-likeness (QED) is 0.834. The van der Waals surface area contributed by atoms with Gasteiger partial charge in [-0.1, -0.05) is 12.1 Å². The minimum absolute atomic E-state index is 0.219. The van der Waals surface area contributed by atoms with Gasteiger partial charge >= 0.3 is 6.18 Å². The first-order chi connectivity index (χ1) is 7.82. The highest BCUT2D eigenvalue weighted by atomic mass is 19.4. The number of nitrogens with two attached hydrogens (primary N) is 1. The summed E-state index contributed by atoms with van der Waals surface area (Å²) in [5.74, 6) is 0.498. The molecule has 0 fully saturated rings. The molecule has 0 radical (unpaired) electrons. The van der Waals surface area contributed by atoms with Crippen LogP contribution in [0.25, 0.3) is 0 Å². The normalized spacial score (nSPS) is 15.4. The number of alkyl halides is 4. The van der Waals surface area contributed by atoms with Gasteiger partial charge in [0.25, 0.3) is 0 Å². The van der Waals surface area contributed by atoms with E-state index in [0.29, 0.717) is 5.75 Å². The lowest BCUT2D eigenvalue weighted by Crippen LogP contribution is -2.49. The third kappa shape index (κ3) is 3.09. The van der Waals surface area contributed by atoms with Crippen LogP contribution in [0.2, 0.25) is 0 Å². The van der Waals surface area contributed by atoms with Crippen molar-refractivity contribution in [3.8, 4) is 5.75 Å². The van der Waals surface area contributed by atoms with E-state index >= 15 is 0 Å². The van der Waals surface area contributed by atoms with Gasteiger partial charge in [-0.2, -0.15) is 13.2 Å². The summed E-state index contributed by atoms with van der Waals surface area (Å²) >= 11 is 0. The lowest BCUT2D eigenvalue weighted by molar-refractivity contribution is -0.226. The van der Waals surface area contributed by atoms with Gasteiger partial charge in [0.15, 0.2) is 0 Å². The molecule has 0 aliphatic rings. The molecule has 0 saturated heterocycles. The summed E-state index contributed by atoms with van der Waals surface area (Å²) in [5.41, 5.74) is 1.71. The summed E-state index contributed by atoms with van der Waals surface area (Å²) in [6.07, 6.45) is -5.77. The molecule has 6 heteroatoms. The van der Waals surface area contributed by atoms with Crippen LogP contribution in [0.5, 0.6) is 5.75 Å². The molecule has 96 valence electrons. The minimum Gasteiger partial charge on any atom is -0.497 e. The summed E-state index contributed by atoms with van der Waals surface area (Å²) in [6.45, 7) is -1.09. The highest BCUT2D eigenvalue weighted by Gasteiger charge is 2.54. The SMILES string of the molecule is COc1ccc(CC(F)(CN)C(F)(F)F)cc1. The molecule has 0 amide bonds. The van der Waals surface area contributed by atoms with Crippen LogP contribution < -0.4 is 10.5 Å². The molecule has 1 unspecified atom stereocenters. The van der Waals surface area contributed by atoms with Gasteiger partial charge < -0.3 is 10.5 Å². The molecule has 2 N–H and O–H groups in total. The molecule has 0 aromatic heterocycles. The third-order valence-corrected chi connectivity index (χ3v) is 2.47. The molecular weight excluding hydrogens is 238 g/mol. The summed E-state index contributed by atoms with van der Waals surface area (Å²) in [7, 11) is 1.43. The highest BCUT2D eigenvalue weighted by molar-refractivity contribution is 5.28. The number of ether oxygens (including phenoxy) is 1. The topological polar surface area (TPSA) is 35.2 Å². The Morgan fingerprint density at radius 2 is 1.65 bits per heavy atom. The van der Waals surface area contributed by atoms with Crippen LogP contribution in [0, 0.1) is 0 Å². The predicted octanol–water partition coefficient (Wildman–Crippen LogP) is 2.47. The molecule has 1 rings (SSSR count). The molecule has 1 atom stereocenters. The van der Waals surface area contributed by atoms with Crippen molar-refractivity contribution in [2.24, 2.45) is 5.73 Å². The predicted molar refractivity (Wildman–Crippen MR) is 55.6 cm³/mol. The number of methoxy groups -OCH3 is 1. The zero-order chi connectivity index (χ0) is 13.1. The van der Waals surface area contributed by atoms with E-state index in [2.05, 4.69) is 0 Å². The second kappa shape index (κ2) is 4.91. The van der Waals surface area contributed by atoms with Gasteiger partial charge in [-0.25, -0.2) is 4.39 Å². The number of rotatable bonds is 4. The van der Waals surface area contributed by atoms with E-state index in [9.17, 15) is 17.6 Å². The fourth-order valence-corrected chi connectivity index (χ4v) is 1.36. The molecule has 17 heavy (non-hydrogen) atoms. The fraction of sp³-hybridized carbons (Fsp3) is 0.455. The van der Waals surface area contributed by atoms with E-state index in [1.807, 2.05) is 0 Å². The highest BCUT2D eigenvalue weighted by Crippen LogP contribution is 2.36. The lowest BCUT2D eigenvalue weighted by atomic mass is 9.95. The number of benzene rings is 1. The van der Waals surface area contributed by atoms with Crippen molar-refractivity contribution in [1.82, 2.24) is 0 Å². The van der Waals surface area contributed by atoms with Gasteiger partial charge in [-0.05, 0) is 17.7 Å². The van der Waals surface area contributed by atoms with Crippen LogP contribution in [0.3, 0.4) is 0 Å². The molecule has 0 saturated carbocycles. The summed E-state index contributed by atoms with van der Waals surface area (Å²) in [6, 6.07) is 5.72. The number of hydrogen-bond acceptors (Lipinski definition) is 2. The van der Waals surface area contributed by atoms with Gasteiger partial charge in [-0.3, -0.25) is 0 Å². The van der Waals surface area contributed by atoms with Gasteiger partial charge in [0.1, 0.15) is 5.75 Å².